The van der Waals surface area contributed by atoms with Crippen LogP contribution in [0.3, 0.4) is 0 Å². The molecule has 0 fully saturated rings. The highest BCUT2D eigenvalue weighted by Crippen LogP contribution is 2.42. The minimum Gasteiger partial charge on any atom is -0.466 e. The number of alkyl halides is 3. The Bertz CT molecular complexity index is 1460. The molecule has 0 saturated carbocycles. The van der Waals surface area contributed by atoms with E-state index in [1.165, 1.54) is 25.1 Å². The van der Waals surface area contributed by atoms with E-state index in [2.05, 4.69) is 4.99 Å². The van der Waals surface area contributed by atoms with E-state index in [1.54, 1.807) is 18.4 Å². The Kier molecular flexibility index (Phi) is 9.11. The van der Waals surface area contributed by atoms with Crippen LogP contribution < -0.4 is 10.6 Å². The average Bonchev–Trinajstić information content (AvgIpc) is 2.91. The van der Waals surface area contributed by atoms with Gasteiger partial charge >= 0.3 is 18.2 Å². The van der Waals surface area contributed by atoms with Gasteiger partial charge in [-0.3, -0.25) is 20.2 Å². The molecule has 0 saturated heterocycles. The van der Waals surface area contributed by atoms with Crippen molar-refractivity contribution < 1.29 is 27.5 Å². The monoisotopic (exact) mass is 552 g/mol. The summed E-state index contributed by atoms with van der Waals surface area (Å²) in [5.74, 6) is -1.46. The summed E-state index contributed by atoms with van der Waals surface area (Å²) in [5, 5.41) is 18.3. The summed E-state index contributed by atoms with van der Waals surface area (Å²) >= 11 is 0. The first-order valence-electron chi connectivity index (χ1n) is 12.1. The molecule has 1 unspecified atom stereocenters. The smallest absolute Gasteiger partial charge is 0.416 e. The van der Waals surface area contributed by atoms with E-state index >= 15 is 0 Å². The van der Waals surface area contributed by atoms with Gasteiger partial charge in [0.1, 0.15) is 6.04 Å². The molecule has 1 aliphatic rings. The number of nitrogens with zero attached hydrogens (tertiary/aromatic N) is 4. The number of benzene rings is 2. The first-order chi connectivity index (χ1) is 19.0. The second-order valence-corrected chi connectivity index (χ2v) is 8.66. The zero-order chi connectivity index (χ0) is 29.6. The van der Waals surface area contributed by atoms with Gasteiger partial charge in [0.2, 0.25) is 5.96 Å². The molecule has 2 aromatic carbocycles. The molecular weight excluding hydrogens is 525 g/mol. The van der Waals surface area contributed by atoms with E-state index < -0.39 is 35.7 Å². The Morgan fingerprint density at radius 1 is 1.25 bits per heavy atom. The van der Waals surface area contributed by atoms with Gasteiger partial charge in [-0.05, 0) is 60.9 Å². The quantitative estimate of drug-likeness (QED) is 0.348. The number of anilines is 1. The number of guanidine groups is 1. The molecule has 9 nitrogen and oxygen atoms in total. The molecular formula is C28H27F3N6O3. The number of hydrogen-bond donors (Lipinski definition) is 2. The minimum atomic E-state index is -4.67. The van der Waals surface area contributed by atoms with Crippen LogP contribution in [0.1, 0.15) is 48.6 Å². The summed E-state index contributed by atoms with van der Waals surface area (Å²) < 4.78 is 45.4. The molecule has 2 amide bonds. The molecule has 40 heavy (non-hydrogen) atoms. The predicted molar refractivity (Wildman–Crippen MR) is 143 cm³/mol. The lowest BCUT2D eigenvalue weighted by molar-refractivity contribution is -0.138. The van der Waals surface area contributed by atoms with E-state index in [4.69, 9.17) is 15.9 Å². The number of carbonyl (C=O) groups excluding carboxylic acids is 2. The fourth-order valence-electron chi connectivity index (χ4n) is 4.36. The molecule has 2 aromatic rings. The summed E-state index contributed by atoms with van der Waals surface area (Å²) in [6.45, 7) is 3.45. The molecule has 0 aliphatic carbocycles. The van der Waals surface area contributed by atoms with Gasteiger partial charge in [0, 0.05) is 17.6 Å². The lowest BCUT2D eigenvalue weighted by atomic mass is 9.89. The van der Waals surface area contributed by atoms with Crippen molar-refractivity contribution in [3.63, 3.8) is 0 Å². The van der Waals surface area contributed by atoms with Crippen LogP contribution in [-0.2, 0) is 22.3 Å². The number of esters is 1. The molecule has 0 spiro atoms. The molecule has 1 heterocycles. The van der Waals surface area contributed by atoms with E-state index in [0.29, 0.717) is 16.7 Å². The van der Waals surface area contributed by atoms with Crippen molar-refractivity contribution in [1.29, 1.82) is 10.7 Å². The van der Waals surface area contributed by atoms with Gasteiger partial charge in [0.25, 0.3) is 0 Å². The zero-order valence-corrected chi connectivity index (χ0v) is 22.0. The van der Waals surface area contributed by atoms with E-state index in [1.807, 2.05) is 19.1 Å². The number of rotatable bonds is 7. The first-order valence-corrected chi connectivity index (χ1v) is 12.1. The Balaban J connectivity index is 2.30. The molecule has 3 rings (SSSR count). The summed E-state index contributed by atoms with van der Waals surface area (Å²) in [6, 6.07) is 8.29. The van der Waals surface area contributed by atoms with E-state index in [9.17, 15) is 28.0 Å². The van der Waals surface area contributed by atoms with E-state index in [-0.39, 0.29) is 23.5 Å². The van der Waals surface area contributed by atoms with Crippen LogP contribution in [0.4, 0.5) is 23.7 Å². The van der Waals surface area contributed by atoms with Gasteiger partial charge in [-0.2, -0.15) is 18.4 Å². The number of nitriles is 1. The van der Waals surface area contributed by atoms with Gasteiger partial charge in [-0.1, -0.05) is 25.1 Å². The van der Waals surface area contributed by atoms with Crippen molar-refractivity contribution in [2.24, 2.45) is 10.7 Å². The zero-order valence-electron chi connectivity index (χ0n) is 22.0. The number of amides is 2. The van der Waals surface area contributed by atoms with Crippen LogP contribution in [0.5, 0.6) is 0 Å². The van der Waals surface area contributed by atoms with Gasteiger partial charge in [0.05, 0.1) is 36.4 Å². The van der Waals surface area contributed by atoms with Crippen molar-refractivity contribution in [3.05, 3.63) is 88.1 Å². The van der Waals surface area contributed by atoms with Crippen molar-refractivity contribution in [1.82, 2.24) is 4.90 Å². The topological polar surface area (TPSA) is 136 Å². The highest BCUT2D eigenvalue weighted by atomic mass is 19.4. The van der Waals surface area contributed by atoms with Crippen molar-refractivity contribution in [2.75, 3.05) is 12.0 Å². The van der Waals surface area contributed by atoms with Gasteiger partial charge < -0.3 is 10.5 Å². The van der Waals surface area contributed by atoms with Gasteiger partial charge in [0.15, 0.2) is 0 Å². The Morgan fingerprint density at radius 2 is 1.98 bits per heavy atom. The number of halogens is 3. The number of nitrogens with two attached hydrogens (primary N) is 1. The van der Waals surface area contributed by atoms with E-state index in [0.717, 1.165) is 41.5 Å². The SMILES string of the molecule is CC/C=C\C=NCc1cc(C#N)ccc1C1C(C(=O)OC)=C(C)N(c2cccc(C(F)(F)F)c2)C(=N)N1C(N)=O. The van der Waals surface area contributed by atoms with Crippen LogP contribution in [0.15, 0.2) is 70.9 Å². The van der Waals surface area contributed by atoms with Crippen LogP contribution in [-0.4, -0.2) is 36.2 Å². The number of urea groups is 1. The van der Waals surface area contributed by atoms with Crippen molar-refractivity contribution >= 4 is 29.9 Å². The summed E-state index contributed by atoms with van der Waals surface area (Å²) in [5.41, 5.74) is 5.63. The lowest BCUT2D eigenvalue weighted by Crippen LogP contribution is -2.55. The van der Waals surface area contributed by atoms with Crippen molar-refractivity contribution in [3.8, 4) is 6.07 Å². The number of hydrogen-bond acceptors (Lipinski definition) is 6. The normalized spacial score (nSPS) is 16.1. The Labute approximate surface area is 229 Å². The molecule has 12 heteroatoms. The molecule has 0 bridgehead atoms. The third-order valence-corrected chi connectivity index (χ3v) is 6.16. The Hall–Kier alpha value is -4.92. The minimum absolute atomic E-state index is 0.0557. The number of carbonyl (C=O) groups is 2. The second-order valence-electron chi connectivity index (χ2n) is 8.66. The number of nitrogens with one attached hydrogen (secondary N) is 1. The summed E-state index contributed by atoms with van der Waals surface area (Å²) in [6.07, 6.45) is 1.33. The van der Waals surface area contributed by atoms with Crippen LogP contribution in [0, 0.1) is 16.7 Å². The molecule has 1 aliphatic heterocycles. The van der Waals surface area contributed by atoms with Crippen molar-refractivity contribution in [2.45, 2.75) is 39.0 Å². The van der Waals surface area contributed by atoms with Gasteiger partial charge in [-0.15, -0.1) is 0 Å². The molecule has 0 radical (unpaired) electrons. The first kappa shape index (κ1) is 29.6. The second kappa shape index (κ2) is 12.3. The average molecular weight is 553 g/mol. The number of primary amides is 1. The maximum absolute atomic E-state index is 13.5. The maximum atomic E-state index is 13.5. The lowest BCUT2D eigenvalue weighted by Gasteiger charge is -2.43. The molecule has 208 valence electrons. The summed E-state index contributed by atoms with van der Waals surface area (Å²) in [7, 11) is 1.12. The highest BCUT2D eigenvalue weighted by molar-refractivity contribution is 6.10. The number of allylic oxidation sites excluding steroid dienone is 3. The maximum Gasteiger partial charge on any atom is 0.416 e. The van der Waals surface area contributed by atoms with Gasteiger partial charge in [-0.25, -0.2) is 9.59 Å². The third kappa shape index (κ3) is 6.04. The molecule has 3 N–H and O–H groups in total. The fourth-order valence-corrected chi connectivity index (χ4v) is 4.36. The Morgan fingerprint density at radius 3 is 2.58 bits per heavy atom. The fraction of sp³-hybridized carbons (Fsp3) is 0.250. The third-order valence-electron chi connectivity index (χ3n) is 6.16. The summed E-state index contributed by atoms with van der Waals surface area (Å²) in [4.78, 5) is 32.2. The standard InChI is InChI=1S/C28H27F3N6O3/c1-4-5-6-12-35-16-19-13-18(15-32)10-11-22(19)24-23(25(38)40-3)17(2)36(26(33)37(24)27(34)39)21-9-7-8-20(14-21)28(29,30)31/h5-14,24,33H,4,16H2,1-3H3,(H2,34,39)/b6-5-,33-26?,35-12?. The van der Waals surface area contributed by atoms with Crippen LogP contribution >= 0.6 is 0 Å². The predicted octanol–water partition coefficient (Wildman–Crippen LogP) is 5.44. The largest absolute Gasteiger partial charge is 0.466 e. The number of ether oxygens (including phenoxy) is 1. The van der Waals surface area contributed by atoms with Crippen LogP contribution in [0.25, 0.3) is 0 Å². The highest BCUT2D eigenvalue weighted by Gasteiger charge is 2.44. The molecule has 0 aromatic heterocycles. The van der Waals surface area contributed by atoms with Crippen LogP contribution in [0.2, 0.25) is 0 Å². The molecule has 1 atom stereocenters. The number of aliphatic imine (C=N–C) groups is 1. The number of methoxy groups -OCH3 is 1.